The van der Waals surface area contributed by atoms with E-state index < -0.39 is 0 Å². The molecule has 0 saturated carbocycles. The number of amides is 1. The molecular formula is C20H35IN4OS. The van der Waals surface area contributed by atoms with Crippen LogP contribution >= 0.6 is 35.3 Å². The van der Waals surface area contributed by atoms with Gasteiger partial charge in [-0.25, -0.2) is 0 Å². The molecule has 0 bridgehead atoms. The SMILES string of the molecule is CCNC(=NCC(C)(C)c1cccs1)NCCC(=O)N1CCCC(C)C1.I. The summed E-state index contributed by atoms with van der Waals surface area (Å²) in [5.41, 5.74) is 0.0102. The second-order valence-corrected chi connectivity index (χ2v) is 8.77. The molecule has 27 heavy (non-hydrogen) atoms. The van der Waals surface area contributed by atoms with E-state index in [2.05, 4.69) is 55.8 Å². The first-order valence-electron chi connectivity index (χ1n) is 9.76. The second-order valence-electron chi connectivity index (χ2n) is 7.82. The topological polar surface area (TPSA) is 56.7 Å². The van der Waals surface area contributed by atoms with E-state index in [1.165, 1.54) is 11.3 Å². The van der Waals surface area contributed by atoms with Gasteiger partial charge in [0.2, 0.25) is 5.91 Å². The van der Waals surface area contributed by atoms with Gasteiger partial charge in [-0.3, -0.25) is 9.79 Å². The third kappa shape index (κ3) is 7.97. The number of thiophene rings is 1. The first-order valence-corrected chi connectivity index (χ1v) is 10.6. The van der Waals surface area contributed by atoms with Gasteiger partial charge in [0.25, 0.3) is 0 Å². The molecule has 1 atom stereocenters. The van der Waals surface area contributed by atoms with Crippen LogP contribution in [0.3, 0.4) is 0 Å². The zero-order valence-electron chi connectivity index (χ0n) is 17.1. The molecule has 2 rings (SSSR count). The third-order valence-electron chi connectivity index (χ3n) is 4.81. The molecule has 1 aromatic rings. The van der Waals surface area contributed by atoms with Crippen LogP contribution < -0.4 is 10.6 Å². The van der Waals surface area contributed by atoms with E-state index in [9.17, 15) is 4.79 Å². The van der Waals surface area contributed by atoms with E-state index >= 15 is 0 Å². The summed E-state index contributed by atoms with van der Waals surface area (Å²) in [6.45, 7) is 12.7. The zero-order chi connectivity index (χ0) is 19.0. The maximum Gasteiger partial charge on any atom is 0.224 e. The highest BCUT2D eigenvalue weighted by Gasteiger charge is 2.22. The highest BCUT2D eigenvalue weighted by molar-refractivity contribution is 14.0. The summed E-state index contributed by atoms with van der Waals surface area (Å²) in [6.07, 6.45) is 2.88. The normalized spacial score (nSPS) is 18.0. The monoisotopic (exact) mass is 506 g/mol. The summed E-state index contributed by atoms with van der Waals surface area (Å²) >= 11 is 1.77. The van der Waals surface area contributed by atoms with E-state index in [0.717, 1.165) is 32.0 Å². The molecule has 1 unspecified atom stereocenters. The highest BCUT2D eigenvalue weighted by atomic mass is 127. The van der Waals surface area contributed by atoms with Crippen molar-refractivity contribution in [3.05, 3.63) is 22.4 Å². The Labute approximate surface area is 185 Å². The number of carbonyl (C=O) groups is 1. The van der Waals surface area contributed by atoms with Crippen LogP contribution in [0.1, 0.15) is 51.8 Å². The van der Waals surface area contributed by atoms with Crippen molar-refractivity contribution in [3.8, 4) is 0 Å². The smallest absolute Gasteiger partial charge is 0.224 e. The summed E-state index contributed by atoms with van der Waals surface area (Å²) in [7, 11) is 0. The zero-order valence-corrected chi connectivity index (χ0v) is 20.2. The van der Waals surface area contributed by atoms with Crippen molar-refractivity contribution in [1.82, 2.24) is 15.5 Å². The number of likely N-dealkylation sites (tertiary alicyclic amines) is 1. The number of halogens is 1. The van der Waals surface area contributed by atoms with Gasteiger partial charge in [-0.05, 0) is 37.1 Å². The van der Waals surface area contributed by atoms with Gasteiger partial charge in [-0.1, -0.05) is 26.8 Å². The molecule has 0 spiro atoms. The standard InChI is InChI=1S/C20H34N4OS.HI/c1-5-21-19(23-15-20(3,4)17-9-7-13-26-17)22-11-10-18(25)24-12-6-8-16(2)14-24;/h7,9,13,16H,5-6,8,10-12,14-15H2,1-4H3,(H2,21,22,23);1H. The molecule has 7 heteroatoms. The van der Waals surface area contributed by atoms with Crippen LogP contribution in [-0.2, 0) is 10.2 Å². The Morgan fingerprint density at radius 3 is 2.81 bits per heavy atom. The molecule has 0 aromatic carbocycles. The lowest BCUT2D eigenvalue weighted by Crippen LogP contribution is -2.43. The molecule has 154 valence electrons. The van der Waals surface area contributed by atoms with Crippen LogP contribution in [0.25, 0.3) is 0 Å². The van der Waals surface area contributed by atoms with Crippen molar-refractivity contribution in [2.24, 2.45) is 10.9 Å². The van der Waals surface area contributed by atoms with Crippen LogP contribution in [0.2, 0.25) is 0 Å². The van der Waals surface area contributed by atoms with Crippen LogP contribution in [-0.4, -0.2) is 49.5 Å². The summed E-state index contributed by atoms with van der Waals surface area (Å²) in [5, 5.41) is 8.70. The lowest BCUT2D eigenvalue weighted by molar-refractivity contribution is -0.132. The minimum absolute atomic E-state index is 0. The molecule has 1 aromatic heterocycles. The minimum Gasteiger partial charge on any atom is -0.357 e. The Kier molecular flexibility index (Phi) is 10.7. The Balaban J connectivity index is 0.00000364. The average molecular weight is 506 g/mol. The van der Waals surface area contributed by atoms with Crippen LogP contribution in [0.4, 0.5) is 0 Å². The van der Waals surface area contributed by atoms with E-state index in [1.807, 2.05) is 4.90 Å². The third-order valence-corrected chi connectivity index (χ3v) is 6.04. The van der Waals surface area contributed by atoms with E-state index in [4.69, 9.17) is 4.99 Å². The molecule has 5 nitrogen and oxygen atoms in total. The summed E-state index contributed by atoms with van der Waals surface area (Å²) in [4.78, 5) is 20.5. The predicted molar refractivity (Wildman–Crippen MR) is 126 cm³/mol. The van der Waals surface area contributed by atoms with Crippen LogP contribution in [0.5, 0.6) is 0 Å². The summed E-state index contributed by atoms with van der Waals surface area (Å²) < 4.78 is 0. The second kappa shape index (κ2) is 11.9. The number of nitrogens with zero attached hydrogens (tertiary/aromatic N) is 2. The largest absolute Gasteiger partial charge is 0.357 e. The molecule has 1 fully saturated rings. The fraction of sp³-hybridized carbons (Fsp3) is 0.700. The average Bonchev–Trinajstić information content (AvgIpc) is 3.15. The van der Waals surface area contributed by atoms with Crippen LogP contribution in [0.15, 0.2) is 22.5 Å². The van der Waals surface area contributed by atoms with E-state index in [0.29, 0.717) is 25.4 Å². The van der Waals surface area contributed by atoms with Gasteiger partial charge >= 0.3 is 0 Å². The first-order chi connectivity index (χ1) is 12.4. The molecule has 1 amide bonds. The number of rotatable bonds is 7. The number of piperidine rings is 1. The molecule has 2 heterocycles. The van der Waals surface area contributed by atoms with Gasteiger partial charge < -0.3 is 15.5 Å². The lowest BCUT2D eigenvalue weighted by atomic mass is 9.92. The quantitative estimate of drug-likeness (QED) is 0.336. The Bertz CT molecular complexity index is 589. The number of nitrogens with one attached hydrogen (secondary N) is 2. The fourth-order valence-electron chi connectivity index (χ4n) is 3.22. The van der Waals surface area contributed by atoms with Crippen molar-refractivity contribution in [3.63, 3.8) is 0 Å². The van der Waals surface area contributed by atoms with Gasteiger partial charge in [-0.15, -0.1) is 35.3 Å². The number of hydrogen-bond acceptors (Lipinski definition) is 3. The maximum atomic E-state index is 12.4. The van der Waals surface area contributed by atoms with Gasteiger partial charge in [0.05, 0.1) is 6.54 Å². The molecule has 0 radical (unpaired) electrons. The predicted octanol–water partition coefficient (Wildman–Crippen LogP) is 3.85. The Morgan fingerprint density at radius 1 is 1.41 bits per heavy atom. The molecule has 2 N–H and O–H groups in total. The molecule has 1 saturated heterocycles. The van der Waals surface area contributed by atoms with Crippen molar-refractivity contribution in [2.45, 2.75) is 52.4 Å². The molecule has 1 aliphatic rings. The Morgan fingerprint density at radius 2 is 2.19 bits per heavy atom. The van der Waals surface area contributed by atoms with Gasteiger partial charge in [-0.2, -0.15) is 0 Å². The lowest BCUT2D eigenvalue weighted by Gasteiger charge is -2.31. The van der Waals surface area contributed by atoms with Gasteiger partial charge in [0, 0.05) is 42.9 Å². The minimum atomic E-state index is 0. The van der Waals surface area contributed by atoms with E-state index in [1.54, 1.807) is 11.3 Å². The van der Waals surface area contributed by atoms with Crippen molar-refractivity contribution in [1.29, 1.82) is 0 Å². The van der Waals surface area contributed by atoms with Gasteiger partial charge in [0.15, 0.2) is 5.96 Å². The maximum absolute atomic E-state index is 12.4. The Hall–Kier alpha value is -0.830. The van der Waals surface area contributed by atoms with E-state index in [-0.39, 0.29) is 35.3 Å². The number of carbonyl (C=O) groups excluding carboxylic acids is 1. The number of hydrogen-bond donors (Lipinski definition) is 2. The van der Waals surface area contributed by atoms with Gasteiger partial charge in [0.1, 0.15) is 0 Å². The van der Waals surface area contributed by atoms with Crippen molar-refractivity contribution < 1.29 is 4.79 Å². The van der Waals surface area contributed by atoms with Crippen molar-refractivity contribution in [2.75, 3.05) is 32.7 Å². The highest BCUT2D eigenvalue weighted by Crippen LogP contribution is 2.27. The fourth-order valence-corrected chi connectivity index (χ4v) is 4.07. The summed E-state index contributed by atoms with van der Waals surface area (Å²) in [5.74, 6) is 1.66. The molecular weight excluding hydrogens is 471 g/mol. The number of guanidine groups is 1. The first kappa shape index (κ1) is 24.2. The van der Waals surface area contributed by atoms with Crippen LogP contribution in [0, 0.1) is 5.92 Å². The molecule has 1 aliphatic heterocycles. The van der Waals surface area contributed by atoms with Crippen molar-refractivity contribution >= 4 is 47.2 Å². The number of aliphatic imine (C=N–C) groups is 1. The summed E-state index contributed by atoms with van der Waals surface area (Å²) in [6, 6.07) is 4.25. The molecule has 0 aliphatic carbocycles.